The van der Waals surface area contributed by atoms with Gasteiger partial charge >= 0.3 is 5.69 Å². The summed E-state index contributed by atoms with van der Waals surface area (Å²) in [5.41, 5.74) is 2.66. The van der Waals surface area contributed by atoms with Crippen LogP contribution in [0.4, 0.5) is 4.39 Å². The highest BCUT2D eigenvalue weighted by atomic mass is 19.1. The van der Waals surface area contributed by atoms with Gasteiger partial charge in [-0.05, 0) is 47.2 Å². The molecule has 9 nitrogen and oxygen atoms in total. The maximum atomic E-state index is 14.5. The third-order valence-electron chi connectivity index (χ3n) is 4.91. The molecular formula is C21H21FN6O3. The first-order chi connectivity index (χ1) is 14.9. The summed E-state index contributed by atoms with van der Waals surface area (Å²) in [4.78, 5) is 12.2. The molecule has 2 heterocycles. The second-order valence-corrected chi connectivity index (χ2v) is 6.99. The van der Waals surface area contributed by atoms with Crippen molar-refractivity contribution in [3.05, 3.63) is 69.9 Å². The molecule has 160 valence electrons. The van der Waals surface area contributed by atoms with Gasteiger partial charge in [-0.3, -0.25) is 0 Å². The number of nitrogens with zero attached hydrogens (tertiary/aromatic N) is 6. The highest BCUT2D eigenvalue weighted by molar-refractivity contribution is 5.64. The molecule has 2 aromatic heterocycles. The topological polar surface area (TPSA) is 89.0 Å². The lowest BCUT2D eigenvalue weighted by Gasteiger charge is -2.12. The largest absolute Gasteiger partial charge is 0.489 e. The van der Waals surface area contributed by atoms with E-state index >= 15 is 0 Å². The van der Waals surface area contributed by atoms with Crippen molar-refractivity contribution in [1.29, 1.82) is 0 Å². The van der Waals surface area contributed by atoms with Crippen LogP contribution < -0.4 is 15.2 Å². The van der Waals surface area contributed by atoms with E-state index in [1.54, 1.807) is 31.3 Å². The number of para-hydroxylation sites is 1. The summed E-state index contributed by atoms with van der Waals surface area (Å²) in [5, 5.41) is 11.8. The highest BCUT2D eigenvalue weighted by Gasteiger charge is 2.19. The lowest BCUT2D eigenvalue weighted by atomic mass is 10.1. The van der Waals surface area contributed by atoms with Crippen LogP contribution in [0.15, 0.2) is 47.3 Å². The SMILES string of the molecule is COc1c(F)c(-c2ccc(OCc3ccccc3-n3nnn(C)c3=O)c(C)c2)nn1C. The van der Waals surface area contributed by atoms with Crippen molar-refractivity contribution in [2.45, 2.75) is 13.5 Å². The first kappa shape index (κ1) is 20.3. The van der Waals surface area contributed by atoms with E-state index in [0.29, 0.717) is 17.0 Å². The van der Waals surface area contributed by atoms with E-state index in [-0.39, 0.29) is 23.9 Å². The molecule has 0 amide bonds. The van der Waals surface area contributed by atoms with Crippen LogP contribution in [0, 0.1) is 12.7 Å². The molecule has 0 aliphatic heterocycles. The van der Waals surface area contributed by atoms with Gasteiger partial charge in [0.15, 0.2) is 0 Å². The van der Waals surface area contributed by atoms with Crippen molar-refractivity contribution in [2.24, 2.45) is 14.1 Å². The van der Waals surface area contributed by atoms with Gasteiger partial charge in [0, 0.05) is 25.2 Å². The number of tetrazole rings is 1. The van der Waals surface area contributed by atoms with E-state index in [0.717, 1.165) is 15.8 Å². The Kier molecular flexibility index (Phi) is 5.28. The van der Waals surface area contributed by atoms with E-state index in [4.69, 9.17) is 9.47 Å². The minimum absolute atomic E-state index is 0.0730. The monoisotopic (exact) mass is 424 g/mol. The van der Waals surface area contributed by atoms with Crippen LogP contribution in [-0.2, 0) is 20.7 Å². The summed E-state index contributed by atoms with van der Waals surface area (Å²) in [6.45, 7) is 2.08. The summed E-state index contributed by atoms with van der Waals surface area (Å²) in [6.07, 6.45) is 0. The molecular weight excluding hydrogens is 403 g/mol. The van der Waals surface area contributed by atoms with Gasteiger partial charge in [0.2, 0.25) is 11.7 Å². The average molecular weight is 424 g/mol. The number of rotatable bonds is 6. The average Bonchev–Trinajstić information content (AvgIpc) is 3.25. The maximum Gasteiger partial charge on any atom is 0.368 e. The van der Waals surface area contributed by atoms with E-state index < -0.39 is 5.82 Å². The zero-order valence-corrected chi connectivity index (χ0v) is 17.5. The Morgan fingerprint density at radius 2 is 1.84 bits per heavy atom. The molecule has 0 saturated carbocycles. The lowest BCUT2D eigenvalue weighted by molar-refractivity contribution is 0.303. The minimum atomic E-state index is -0.513. The van der Waals surface area contributed by atoms with E-state index in [2.05, 4.69) is 15.5 Å². The number of ether oxygens (including phenoxy) is 2. The zero-order valence-electron chi connectivity index (χ0n) is 17.5. The van der Waals surface area contributed by atoms with Crippen LogP contribution in [0.1, 0.15) is 11.1 Å². The summed E-state index contributed by atoms with van der Waals surface area (Å²) in [5.74, 6) is 0.193. The first-order valence-electron chi connectivity index (χ1n) is 9.48. The standard InChI is InChI=1S/C21H21FN6O3/c1-13-11-14(19-18(22)20(30-4)26(2)23-19)9-10-17(13)31-12-15-7-5-6-8-16(15)28-21(29)27(3)24-25-28/h5-11H,12H2,1-4H3. The van der Waals surface area contributed by atoms with Gasteiger partial charge in [0.05, 0.1) is 12.8 Å². The highest BCUT2D eigenvalue weighted by Crippen LogP contribution is 2.31. The normalized spacial score (nSPS) is 11.0. The molecule has 0 radical (unpaired) electrons. The van der Waals surface area contributed by atoms with Gasteiger partial charge in [-0.25, -0.2) is 9.48 Å². The smallest absolute Gasteiger partial charge is 0.368 e. The van der Waals surface area contributed by atoms with Gasteiger partial charge in [-0.15, -0.1) is 0 Å². The van der Waals surface area contributed by atoms with Crippen LogP contribution in [-0.4, -0.2) is 36.7 Å². The number of benzene rings is 2. The molecule has 0 saturated heterocycles. The summed E-state index contributed by atoms with van der Waals surface area (Å²) < 4.78 is 29.3. The molecule has 0 unspecified atom stereocenters. The third kappa shape index (κ3) is 3.67. The molecule has 0 spiro atoms. The molecule has 4 aromatic rings. The van der Waals surface area contributed by atoms with E-state index in [1.807, 2.05) is 25.1 Å². The Morgan fingerprint density at radius 1 is 1.06 bits per heavy atom. The number of methoxy groups -OCH3 is 1. The minimum Gasteiger partial charge on any atom is -0.489 e. The van der Waals surface area contributed by atoms with Crippen molar-refractivity contribution in [3.8, 4) is 28.6 Å². The molecule has 4 rings (SSSR count). The summed E-state index contributed by atoms with van der Waals surface area (Å²) in [6, 6.07) is 12.6. The lowest BCUT2D eigenvalue weighted by Crippen LogP contribution is -2.23. The van der Waals surface area contributed by atoms with Crippen molar-refractivity contribution >= 4 is 0 Å². The third-order valence-corrected chi connectivity index (χ3v) is 4.91. The van der Waals surface area contributed by atoms with Gasteiger partial charge in [-0.2, -0.15) is 18.9 Å². The predicted molar refractivity (Wildman–Crippen MR) is 111 cm³/mol. The Bertz CT molecular complexity index is 1310. The fourth-order valence-corrected chi connectivity index (χ4v) is 3.31. The summed E-state index contributed by atoms with van der Waals surface area (Å²) in [7, 11) is 4.56. The van der Waals surface area contributed by atoms with Crippen LogP contribution >= 0.6 is 0 Å². The maximum absolute atomic E-state index is 14.5. The molecule has 0 bridgehead atoms. The van der Waals surface area contributed by atoms with Gasteiger partial charge in [0.1, 0.15) is 18.1 Å². The molecule has 2 aromatic carbocycles. The molecule has 0 aliphatic carbocycles. The number of hydrogen-bond donors (Lipinski definition) is 0. The Hall–Kier alpha value is -3.95. The zero-order chi connectivity index (χ0) is 22.1. The Labute approximate surface area is 177 Å². The van der Waals surface area contributed by atoms with Crippen LogP contribution in [0.5, 0.6) is 11.6 Å². The van der Waals surface area contributed by atoms with E-state index in [9.17, 15) is 9.18 Å². The van der Waals surface area contributed by atoms with Gasteiger partial charge in [0.25, 0.3) is 0 Å². The first-order valence-corrected chi connectivity index (χ1v) is 9.48. The quantitative estimate of drug-likeness (QED) is 0.472. The molecule has 31 heavy (non-hydrogen) atoms. The fourth-order valence-electron chi connectivity index (χ4n) is 3.31. The van der Waals surface area contributed by atoms with Crippen molar-refractivity contribution < 1.29 is 13.9 Å². The molecule has 0 fully saturated rings. The number of hydrogen-bond acceptors (Lipinski definition) is 6. The Morgan fingerprint density at radius 3 is 2.48 bits per heavy atom. The van der Waals surface area contributed by atoms with Crippen molar-refractivity contribution in [3.63, 3.8) is 0 Å². The van der Waals surface area contributed by atoms with Crippen LogP contribution in [0.25, 0.3) is 16.9 Å². The van der Waals surface area contributed by atoms with Gasteiger partial charge in [-0.1, -0.05) is 18.2 Å². The van der Waals surface area contributed by atoms with E-state index in [1.165, 1.54) is 23.5 Å². The van der Waals surface area contributed by atoms with Gasteiger partial charge < -0.3 is 9.47 Å². The number of halogens is 1. The Balaban J connectivity index is 1.59. The molecule has 10 heteroatoms. The second kappa shape index (κ2) is 8.05. The van der Waals surface area contributed by atoms with Crippen molar-refractivity contribution in [1.82, 2.24) is 29.6 Å². The predicted octanol–water partition coefficient (Wildman–Crippen LogP) is 2.40. The van der Waals surface area contributed by atoms with Crippen molar-refractivity contribution in [2.75, 3.05) is 7.11 Å². The second-order valence-electron chi connectivity index (χ2n) is 6.99. The molecule has 0 N–H and O–H groups in total. The number of aryl methyl sites for hydroxylation is 3. The number of aromatic nitrogens is 6. The fraction of sp³-hybridized carbons (Fsp3) is 0.238. The molecule has 0 atom stereocenters. The van der Waals surface area contributed by atoms with Crippen LogP contribution in [0.3, 0.4) is 0 Å². The summed E-state index contributed by atoms with van der Waals surface area (Å²) >= 11 is 0. The van der Waals surface area contributed by atoms with Crippen LogP contribution in [0.2, 0.25) is 0 Å². The molecule has 0 aliphatic rings.